The van der Waals surface area contributed by atoms with E-state index in [1.807, 2.05) is 0 Å². The highest BCUT2D eigenvalue weighted by Crippen LogP contribution is 2.39. The average molecular weight is 616 g/mol. The van der Waals surface area contributed by atoms with Crippen LogP contribution in [0.3, 0.4) is 0 Å². The third kappa shape index (κ3) is 8.75. The van der Waals surface area contributed by atoms with Crippen molar-refractivity contribution >= 4 is 29.1 Å². The van der Waals surface area contributed by atoms with Gasteiger partial charge in [-0.25, -0.2) is 8.78 Å². The van der Waals surface area contributed by atoms with Crippen LogP contribution in [0.25, 0.3) is 0 Å². The molecule has 1 fully saturated rings. The average Bonchev–Trinajstić information content (AvgIpc) is 2.92. The Morgan fingerprint density at radius 1 is 0.976 bits per heavy atom. The van der Waals surface area contributed by atoms with Gasteiger partial charge in [0.25, 0.3) is 12.3 Å². The molecular weight excluding hydrogens is 581 g/mol. The van der Waals surface area contributed by atoms with Crippen molar-refractivity contribution in [1.82, 2.24) is 5.32 Å². The van der Waals surface area contributed by atoms with Crippen molar-refractivity contribution in [2.75, 3.05) is 6.61 Å². The molecule has 230 valence electrons. The van der Waals surface area contributed by atoms with Gasteiger partial charge in [0.1, 0.15) is 23.6 Å². The highest BCUT2D eigenvalue weighted by molar-refractivity contribution is 6.34. The maximum Gasteiger partial charge on any atom is 0.400 e. The highest BCUT2D eigenvalue weighted by Gasteiger charge is 2.51. The number of carbonyl (C=O) groups is 3. The van der Waals surface area contributed by atoms with E-state index in [9.17, 15) is 36.3 Å². The summed E-state index contributed by atoms with van der Waals surface area (Å²) >= 11 is 6.26. The molecule has 1 aliphatic carbocycles. The molecule has 2 aromatic carbocycles. The smallest absolute Gasteiger partial charge is 0.400 e. The quantitative estimate of drug-likeness (QED) is 0.195. The van der Waals surface area contributed by atoms with Crippen LogP contribution >= 0.6 is 11.6 Å². The maximum atomic E-state index is 13.2. The molecule has 42 heavy (non-hydrogen) atoms. The van der Waals surface area contributed by atoms with E-state index in [2.05, 4.69) is 12.2 Å². The Bertz CT molecular complexity index is 1290. The van der Waals surface area contributed by atoms with Crippen LogP contribution in [-0.4, -0.2) is 42.7 Å². The molecule has 0 aliphatic heterocycles. The molecule has 0 unspecified atom stereocenters. The molecular formula is C31H35ClF5NO4. The van der Waals surface area contributed by atoms with E-state index in [1.54, 1.807) is 0 Å². The molecule has 1 aliphatic rings. The monoisotopic (exact) mass is 615 g/mol. The van der Waals surface area contributed by atoms with Gasteiger partial charge in [-0.1, -0.05) is 30.7 Å². The van der Waals surface area contributed by atoms with Crippen LogP contribution in [-0.2, 0) is 17.6 Å². The normalized spacial score (nSPS) is 17.7. The molecule has 0 aromatic heterocycles. The molecule has 0 heterocycles. The number of benzene rings is 2. The first-order chi connectivity index (χ1) is 19.6. The first-order valence-corrected chi connectivity index (χ1v) is 14.2. The number of hydrogen-bond donors (Lipinski definition) is 1. The third-order valence-electron chi connectivity index (χ3n) is 7.75. The van der Waals surface area contributed by atoms with E-state index in [1.165, 1.54) is 36.4 Å². The fourth-order valence-electron chi connectivity index (χ4n) is 4.76. The fraction of sp³-hybridized carbons (Fsp3) is 0.516. The third-order valence-corrected chi connectivity index (χ3v) is 8.08. The molecule has 0 saturated heterocycles. The Balaban J connectivity index is 1.77. The van der Waals surface area contributed by atoms with Gasteiger partial charge >= 0.3 is 6.18 Å². The Morgan fingerprint density at radius 3 is 2.21 bits per heavy atom. The lowest BCUT2D eigenvalue weighted by Gasteiger charge is -2.27. The first kappa shape index (κ1) is 33.5. The second kappa shape index (κ2) is 14.0. The van der Waals surface area contributed by atoms with Crippen LogP contribution < -0.4 is 10.1 Å². The summed E-state index contributed by atoms with van der Waals surface area (Å²) in [4.78, 5) is 38.6. The number of aryl methyl sites for hydroxylation is 1. The molecule has 11 heteroatoms. The van der Waals surface area contributed by atoms with Crippen molar-refractivity contribution in [2.45, 2.75) is 84.4 Å². The molecule has 2 aromatic rings. The molecule has 1 N–H and O–H groups in total. The summed E-state index contributed by atoms with van der Waals surface area (Å²) in [7, 11) is 0. The molecule has 0 bridgehead atoms. The summed E-state index contributed by atoms with van der Waals surface area (Å²) in [5.41, 5.74) is -1.48. The molecule has 5 nitrogen and oxygen atoms in total. The predicted molar refractivity (Wildman–Crippen MR) is 149 cm³/mol. The summed E-state index contributed by atoms with van der Waals surface area (Å²) in [6.45, 7) is 2.91. The second-order valence-corrected chi connectivity index (χ2v) is 11.8. The number of Topliss-reactive ketones (excluding diaryl/α,β-unsaturated/α-hetero) is 2. The molecule has 0 atom stereocenters. The van der Waals surface area contributed by atoms with E-state index >= 15 is 0 Å². The Hall–Kier alpha value is -3.01. The lowest BCUT2D eigenvalue weighted by Crippen LogP contribution is -2.39. The van der Waals surface area contributed by atoms with E-state index < -0.39 is 42.1 Å². The summed E-state index contributed by atoms with van der Waals surface area (Å²) in [5.74, 6) is -1.35. The number of ether oxygens (including phenoxy) is 1. The van der Waals surface area contributed by atoms with Crippen molar-refractivity contribution in [2.24, 2.45) is 11.3 Å². The number of ketones is 2. The van der Waals surface area contributed by atoms with Gasteiger partial charge in [-0.2, -0.15) is 13.2 Å². The predicted octanol–water partition coefficient (Wildman–Crippen LogP) is 7.81. The van der Waals surface area contributed by atoms with Gasteiger partial charge in [-0.3, -0.25) is 14.4 Å². The second-order valence-electron chi connectivity index (χ2n) is 11.4. The zero-order valence-corrected chi connectivity index (χ0v) is 24.5. The summed E-state index contributed by atoms with van der Waals surface area (Å²) < 4.78 is 70.5. The van der Waals surface area contributed by atoms with E-state index in [-0.39, 0.29) is 47.2 Å². The number of hydrogen-bond acceptors (Lipinski definition) is 4. The number of rotatable bonds is 12. The zero-order valence-electron chi connectivity index (χ0n) is 23.8. The molecule has 0 spiro atoms. The standard InChI is InChI=1S/C31H35ClF5NO4/c1-18-4-9-21(10-5-18)38-29(41)23-15-20(7-12-26(23)42-17-28(33)34)16-25(39)22-14-19(6-11-24(22)32)8-13-27(40)30(2,3)31(35,36)37/h6-7,11-12,14-15,18,21,28H,4-5,8-10,13,16-17H2,1-3H3,(H,38,41). The lowest BCUT2D eigenvalue weighted by molar-refractivity contribution is -0.210. The van der Waals surface area contributed by atoms with Crippen LogP contribution in [0.1, 0.15) is 84.7 Å². The van der Waals surface area contributed by atoms with E-state index in [4.69, 9.17) is 16.3 Å². The number of halogens is 6. The first-order valence-electron chi connectivity index (χ1n) is 13.8. The number of amides is 1. The van der Waals surface area contributed by atoms with Crippen LogP contribution in [0.4, 0.5) is 22.0 Å². The van der Waals surface area contributed by atoms with Crippen molar-refractivity contribution in [3.8, 4) is 5.75 Å². The van der Waals surface area contributed by atoms with Crippen molar-refractivity contribution < 1.29 is 41.1 Å². The number of alkyl halides is 5. The fourth-order valence-corrected chi connectivity index (χ4v) is 4.98. The minimum Gasteiger partial charge on any atom is -0.487 e. The lowest BCUT2D eigenvalue weighted by atomic mass is 9.84. The Labute approximate surface area is 247 Å². The zero-order chi connectivity index (χ0) is 31.2. The van der Waals surface area contributed by atoms with Crippen LogP contribution in [0.15, 0.2) is 36.4 Å². The summed E-state index contributed by atoms with van der Waals surface area (Å²) in [6.07, 6.45) is -4.50. The molecule has 3 rings (SSSR count). The largest absolute Gasteiger partial charge is 0.487 e. The Morgan fingerprint density at radius 2 is 1.60 bits per heavy atom. The van der Waals surface area contributed by atoms with Crippen LogP contribution in [0, 0.1) is 11.3 Å². The number of nitrogens with one attached hydrogen (secondary N) is 1. The maximum absolute atomic E-state index is 13.2. The van der Waals surface area contributed by atoms with Gasteiger partial charge in [0, 0.05) is 24.4 Å². The molecule has 1 saturated carbocycles. The molecule has 1 amide bonds. The number of carbonyl (C=O) groups excluding carboxylic acids is 3. The van der Waals surface area contributed by atoms with E-state index in [0.717, 1.165) is 39.5 Å². The SMILES string of the molecule is CC1CCC(NC(=O)c2cc(CC(=O)c3cc(CCC(=O)C(C)(C)C(F)(F)F)ccc3Cl)ccc2OCC(F)F)CC1. The van der Waals surface area contributed by atoms with Crippen molar-refractivity contribution in [1.29, 1.82) is 0 Å². The minimum absolute atomic E-state index is 0.0176. The van der Waals surface area contributed by atoms with Crippen molar-refractivity contribution in [3.63, 3.8) is 0 Å². The molecule has 0 radical (unpaired) electrons. The van der Waals surface area contributed by atoms with Crippen molar-refractivity contribution in [3.05, 3.63) is 63.7 Å². The van der Waals surface area contributed by atoms with Gasteiger partial charge in [0.15, 0.2) is 5.78 Å². The van der Waals surface area contributed by atoms with Gasteiger partial charge in [-0.05, 0) is 87.3 Å². The highest BCUT2D eigenvalue weighted by atomic mass is 35.5. The van der Waals surface area contributed by atoms with Crippen LogP contribution in [0.2, 0.25) is 5.02 Å². The van der Waals surface area contributed by atoms with Crippen LogP contribution in [0.5, 0.6) is 5.75 Å². The Kier molecular flexibility index (Phi) is 11.1. The van der Waals surface area contributed by atoms with E-state index in [0.29, 0.717) is 17.0 Å². The summed E-state index contributed by atoms with van der Waals surface area (Å²) in [5, 5.41) is 3.06. The van der Waals surface area contributed by atoms with Gasteiger partial charge < -0.3 is 10.1 Å². The summed E-state index contributed by atoms with van der Waals surface area (Å²) in [6, 6.07) is 8.65. The minimum atomic E-state index is -4.68. The topological polar surface area (TPSA) is 72.5 Å². The van der Waals surface area contributed by atoms with Gasteiger partial charge in [0.2, 0.25) is 0 Å². The van der Waals surface area contributed by atoms with Gasteiger partial charge in [-0.15, -0.1) is 0 Å². The van der Waals surface area contributed by atoms with Gasteiger partial charge in [0.05, 0.1) is 10.6 Å².